The molecule has 0 amide bonds. The smallest absolute Gasteiger partial charge is 0.338 e. The van der Waals surface area contributed by atoms with Crippen LogP contribution in [0.4, 0.5) is 4.39 Å². The van der Waals surface area contributed by atoms with Crippen LogP contribution in [0.15, 0.2) is 125 Å². The third kappa shape index (κ3) is 5.69. The van der Waals surface area contributed by atoms with Crippen LogP contribution in [0.2, 0.25) is 0 Å². The highest BCUT2D eigenvalue weighted by atomic mass is 32.1. The van der Waals surface area contributed by atoms with Crippen LogP contribution >= 0.6 is 11.3 Å². The molecular weight excluding hydrogens is 563 g/mol. The molecule has 6 nitrogen and oxygen atoms in total. The van der Waals surface area contributed by atoms with Crippen LogP contribution in [0, 0.1) is 5.82 Å². The summed E-state index contributed by atoms with van der Waals surface area (Å²) in [6, 6.07) is 31.8. The normalized spacial score (nSPS) is 14.7. The summed E-state index contributed by atoms with van der Waals surface area (Å²) in [5, 5.41) is 0. The Hall–Kier alpha value is -5.08. The molecule has 0 aliphatic carbocycles. The van der Waals surface area contributed by atoms with Crippen LogP contribution < -0.4 is 19.6 Å². The second kappa shape index (κ2) is 12.4. The summed E-state index contributed by atoms with van der Waals surface area (Å²) in [4.78, 5) is 33.0. The molecule has 6 rings (SSSR count). The number of nitrogens with zero attached hydrogens (tertiary/aromatic N) is 2. The molecule has 43 heavy (non-hydrogen) atoms. The maximum absolute atomic E-state index is 14.2. The van der Waals surface area contributed by atoms with Gasteiger partial charge in [-0.05, 0) is 30.7 Å². The van der Waals surface area contributed by atoms with Gasteiger partial charge in [0.1, 0.15) is 18.2 Å². The van der Waals surface area contributed by atoms with Crippen LogP contribution in [0.25, 0.3) is 11.8 Å². The molecule has 1 atom stereocenters. The minimum atomic E-state index is -0.749. The maximum atomic E-state index is 14.2. The molecule has 0 radical (unpaired) electrons. The number of thiazole rings is 1. The maximum Gasteiger partial charge on any atom is 0.338 e. The van der Waals surface area contributed by atoms with Crippen molar-refractivity contribution in [3.8, 4) is 5.75 Å². The van der Waals surface area contributed by atoms with Gasteiger partial charge >= 0.3 is 5.97 Å². The van der Waals surface area contributed by atoms with E-state index in [0.29, 0.717) is 37.5 Å². The number of halogens is 1. The minimum absolute atomic E-state index is 0.0378. The highest BCUT2D eigenvalue weighted by Crippen LogP contribution is 2.35. The molecule has 0 saturated carbocycles. The quantitative estimate of drug-likeness (QED) is 0.219. The summed E-state index contributed by atoms with van der Waals surface area (Å²) in [6.07, 6.45) is 1.75. The molecule has 1 aliphatic rings. The molecule has 0 saturated heterocycles. The fraction of sp³-hybridized carbons (Fsp3) is 0.114. The lowest BCUT2D eigenvalue weighted by molar-refractivity contribution is -0.138. The zero-order valence-electron chi connectivity index (χ0n) is 23.3. The van der Waals surface area contributed by atoms with Crippen LogP contribution in [-0.4, -0.2) is 17.1 Å². The molecule has 8 heteroatoms. The number of esters is 1. The predicted octanol–water partition coefficient (Wildman–Crippen LogP) is 5.65. The Kier molecular flexibility index (Phi) is 8.11. The first kappa shape index (κ1) is 28.1. The standard InChI is InChI=1S/C35H27FN2O4S/c1-2-41-34(40)30-31(23-13-5-3-6-14-23)37-35-38(32(30)24-15-7-4-8-16-24)33(39)29(43-35)21-25-17-10-12-20-28(25)42-22-26-18-9-11-19-27(26)36/h3-21,32H,2,22H2,1H3/b29-21-/t32-/m1/s1. The van der Waals surface area contributed by atoms with Gasteiger partial charge in [0, 0.05) is 16.7 Å². The van der Waals surface area contributed by atoms with Crippen molar-refractivity contribution >= 4 is 29.1 Å². The van der Waals surface area contributed by atoms with E-state index in [1.807, 2.05) is 78.9 Å². The number of benzene rings is 4. The van der Waals surface area contributed by atoms with Gasteiger partial charge in [-0.1, -0.05) is 108 Å². The van der Waals surface area contributed by atoms with E-state index in [-0.39, 0.29) is 24.6 Å². The van der Waals surface area contributed by atoms with Crippen molar-refractivity contribution in [3.63, 3.8) is 0 Å². The van der Waals surface area contributed by atoms with E-state index in [9.17, 15) is 14.0 Å². The van der Waals surface area contributed by atoms with E-state index in [1.54, 1.807) is 41.8 Å². The van der Waals surface area contributed by atoms with Crippen LogP contribution in [-0.2, 0) is 16.1 Å². The van der Waals surface area contributed by atoms with Crippen molar-refractivity contribution in [1.29, 1.82) is 0 Å². The number of ether oxygens (including phenoxy) is 2. The Morgan fingerprint density at radius 2 is 1.60 bits per heavy atom. The van der Waals surface area contributed by atoms with E-state index in [0.717, 1.165) is 11.1 Å². The van der Waals surface area contributed by atoms with Crippen molar-refractivity contribution < 1.29 is 18.7 Å². The molecule has 2 heterocycles. The molecule has 1 aliphatic heterocycles. The van der Waals surface area contributed by atoms with Gasteiger partial charge in [0.25, 0.3) is 5.56 Å². The average molecular weight is 591 g/mol. The van der Waals surface area contributed by atoms with Crippen LogP contribution in [0.3, 0.4) is 0 Å². The first-order chi connectivity index (χ1) is 21.0. The van der Waals surface area contributed by atoms with Crippen molar-refractivity contribution in [1.82, 2.24) is 4.57 Å². The van der Waals surface area contributed by atoms with Gasteiger partial charge in [0.15, 0.2) is 4.80 Å². The van der Waals surface area contributed by atoms with Crippen molar-refractivity contribution in [2.75, 3.05) is 6.61 Å². The highest BCUT2D eigenvalue weighted by Gasteiger charge is 2.35. The Balaban J connectivity index is 1.52. The lowest BCUT2D eigenvalue weighted by atomic mass is 9.93. The topological polar surface area (TPSA) is 69.9 Å². The molecule has 4 aromatic carbocycles. The largest absolute Gasteiger partial charge is 0.488 e. The number of aromatic nitrogens is 1. The number of hydrogen-bond donors (Lipinski definition) is 0. The van der Waals surface area contributed by atoms with E-state index >= 15 is 0 Å². The molecular formula is C35H27FN2O4S. The summed E-state index contributed by atoms with van der Waals surface area (Å²) >= 11 is 1.23. The van der Waals surface area contributed by atoms with E-state index < -0.39 is 12.0 Å². The fourth-order valence-corrected chi connectivity index (χ4v) is 6.03. The summed E-state index contributed by atoms with van der Waals surface area (Å²) in [5.41, 5.74) is 3.07. The lowest BCUT2D eigenvalue weighted by Gasteiger charge is -2.25. The molecule has 0 unspecified atom stereocenters. The molecule has 0 N–H and O–H groups in total. The molecule has 0 fully saturated rings. The summed E-state index contributed by atoms with van der Waals surface area (Å²) < 4.78 is 27.7. The monoisotopic (exact) mass is 590 g/mol. The number of fused-ring (bicyclic) bond motifs is 1. The number of carbonyl (C=O) groups excluding carboxylic acids is 1. The first-order valence-electron chi connectivity index (χ1n) is 13.8. The summed E-state index contributed by atoms with van der Waals surface area (Å²) in [5.74, 6) is -0.366. The average Bonchev–Trinajstić information content (AvgIpc) is 3.35. The Labute approximate surface area is 251 Å². The second-order valence-electron chi connectivity index (χ2n) is 9.76. The van der Waals surface area contributed by atoms with E-state index in [4.69, 9.17) is 14.5 Å². The van der Waals surface area contributed by atoms with Crippen molar-refractivity contribution in [3.05, 3.63) is 163 Å². The number of carbonyl (C=O) groups is 1. The van der Waals surface area contributed by atoms with Crippen LogP contribution in [0.5, 0.6) is 5.75 Å². The van der Waals surface area contributed by atoms with Gasteiger partial charge in [-0.3, -0.25) is 9.36 Å². The zero-order chi connectivity index (χ0) is 29.8. The molecule has 0 spiro atoms. The Morgan fingerprint density at radius 3 is 2.35 bits per heavy atom. The highest BCUT2D eigenvalue weighted by molar-refractivity contribution is 7.07. The van der Waals surface area contributed by atoms with Crippen molar-refractivity contribution in [2.24, 2.45) is 4.99 Å². The van der Waals surface area contributed by atoms with Gasteiger partial charge < -0.3 is 9.47 Å². The van der Waals surface area contributed by atoms with E-state index in [1.165, 1.54) is 17.4 Å². The Bertz CT molecular complexity index is 2000. The van der Waals surface area contributed by atoms with Gasteiger partial charge in [0.2, 0.25) is 0 Å². The van der Waals surface area contributed by atoms with E-state index in [2.05, 4.69) is 0 Å². The molecule has 5 aromatic rings. The third-order valence-corrected chi connectivity index (χ3v) is 8.02. The second-order valence-corrected chi connectivity index (χ2v) is 10.8. The summed E-state index contributed by atoms with van der Waals surface area (Å²) in [6.45, 7) is 1.97. The number of rotatable bonds is 8. The molecule has 214 valence electrons. The number of hydrogen-bond acceptors (Lipinski definition) is 6. The number of para-hydroxylation sites is 1. The minimum Gasteiger partial charge on any atom is -0.488 e. The Morgan fingerprint density at radius 1 is 0.930 bits per heavy atom. The zero-order valence-corrected chi connectivity index (χ0v) is 24.1. The van der Waals surface area contributed by atoms with Crippen LogP contribution in [0.1, 0.15) is 35.2 Å². The lowest BCUT2D eigenvalue weighted by Crippen LogP contribution is -2.40. The third-order valence-electron chi connectivity index (χ3n) is 7.04. The van der Waals surface area contributed by atoms with Gasteiger partial charge in [0.05, 0.1) is 28.5 Å². The van der Waals surface area contributed by atoms with Crippen molar-refractivity contribution in [2.45, 2.75) is 19.6 Å². The van der Waals surface area contributed by atoms with Gasteiger partial charge in [-0.2, -0.15) is 0 Å². The van der Waals surface area contributed by atoms with Gasteiger partial charge in [-0.15, -0.1) is 0 Å². The summed E-state index contributed by atoms with van der Waals surface area (Å²) in [7, 11) is 0. The molecule has 1 aromatic heterocycles. The SMILES string of the molecule is CCOC(=O)C1=C(c2ccccc2)N=c2s/c(=C\c3ccccc3OCc3ccccc3F)c(=O)n2[C@@H]1c1ccccc1. The predicted molar refractivity (Wildman–Crippen MR) is 165 cm³/mol. The molecule has 0 bridgehead atoms. The fourth-order valence-electron chi connectivity index (χ4n) is 5.03. The first-order valence-corrected chi connectivity index (χ1v) is 14.7. The van der Waals surface area contributed by atoms with Gasteiger partial charge in [-0.25, -0.2) is 14.2 Å².